The van der Waals surface area contributed by atoms with Crippen LogP contribution < -0.4 is 10.9 Å². The summed E-state index contributed by atoms with van der Waals surface area (Å²) in [6, 6.07) is 4.27. The molecule has 0 radical (unpaired) electrons. The van der Waals surface area contributed by atoms with E-state index in [4.69, 9.17) is 0 Å². The van der Waals surface area contributed by atoms with Crippen molar-refractivity contribution in [2.24, 2.45) is 0 Å². The molecule has 1 saturated carbocycles. The lowest BCUT2D eigenvalue weighted by Gasteiger charge is -2.23. The van der Waals surface area contributed by atoms with Gasteiger partial charge in [-0.3, -0.25) is 4.79 Å². The smallest absolute Gasteiger partial charge is 0.248 e. The second kappa shape index (κ2) is 9.16. The monoisotopic (exact) mass is 224 g/mol. The van der Waals surface area contributed by atoms with Crippen molar-refractivity contribution in [1.29, 1.82) is 0 Å². The Morgan fingerprint density at radius 3 is 2.19 bits per heavy atom. The molecule has 0 aliphatic heterocycles. The molecule has 2 rings (SSSR count). The Morgan fingerprint density at radius 1 is 1.38 bits per heavy atom. The molecular weight excluding hydrogens is 200 g/mol. The largest absolute Gasteiger partial charge is 0.329 e. The molecule has 92 valence electrons. The van der Waals surface area contributed by atoms with Crippen molar-refractivity contribution in [3.8, 4) is 0 Å². The summed E-state index contributed by atoms with van der Waals surface area (Å²) in [4.78, 5) is 13.0. The third-order valence-electron chi connectivity index (χ3n) is 2.44. The van der Waals surface area contributed by atoms with Crippen LogP contribution in [0.1, 0.15) is 38.7 Å². The summed E-state index contributed by atoms with van der Waals surface area (Å²) >= 11 is 0. The van der Waals surface area contributed by atoms with Crippen molar-refractivity contribution in [1.82, 2.24) is 10.3 Å². The van der Waals surface area contributed by atoms with E-state index in [-0.39, 0.29) is 5.56 Å². The Labute approximate surface area is 98.3 Å². The van der Waals surface area contributed by atoms with Crippen LogP contribution in [0.15, 0.2) is 23.1 Å². The van der Waals surface area contributed by atoms with Crippen molar-refractivity contribution in [3.05, 3.63) is 34.2 Å². The molecule has 1 aliphatic carbocycles. The third kappa shape index (κ3) is 6.40. The zero-order chi connectivity index (χ0) is 12.4. The minimum absolute atomic E-state index is 0.0370. The van der Waals surface area contributed by atoms with Gasteiger partial charge in [-0.15, -0.1) is 0 Å². The number of nitrogens with one attached hydrogen (secondary N) is 2. The van der Waals surface area contributed by atoms with Crippen LogP contribution in [0.2, 0.25) is 0 Å². The van der Waals surface area contributed by atoms with Crippen molar-refractivity contribution < 1.29 is 0 Å². The molecule has 16 heavy (non-hydrogen) atoms. The van der Waals surface area contributed by atoms with Gasteiger partial charge in [0.15, 0.2) is 0 Å². The zero-order valence-electron chi connectivity index (χ0n) is 10.8. The van der Waals surface area contributed by atoms with E-state index in [0.29, 0.717) is 0 Å². The summed E-state index contributed by atoms with van der Waals surface area (Å²) in [6.45, 7) is 5.88. The van der Waals surface area contributed by atoms with E-state index >= 15 is 0 Å². The molecule has 1 fully saturated rings. The van der Waals surface area contributed by atoms with Crippen molar-refractivity contribution >= 4 is 0 Å². The summed E-state index contributed by atoms with van der Waals surface area (Å²) in [5.41, 5.74) is 0.957. The number of H-pyrrole nitrogens is 1. The van der Waals surface area contributed by atoms with Crippen LogP contribution in [-0.2, 0) is 0 Å². The van der Waals surface area contributed by atoms with E-state index in [1.54, 1.807) is 12.3 Å². The Morgan fingerprint density at radius 2 is 2.00 bits per heavy atom. The van der Waals surface area contributed by atoms with Crippen LogP contribution >= 0.6 is 0 Å². The Kier molecular flexibility index (Phi) is 8.53. The van der Waals surface area contributed by atoms with Gasteiger partial charge in [0.05, 0.1) is 0 Å². The Bertz CT molecular complexity index is 313. The quantitative estimate of drug-likeness (QED) is 0.769. The normalized spacial score (nSPS) is 13.8. The molecule has 0 bridgehead atoms. The highest BCUT2D eigenvalue weighted by Gasteiger charge is 2.13. The topological polar surface area (TPSA) is 44.9 Å². The molecular formula is C13H24N2O. The molecule has 2 N–H and O–H groups in total. The molecule has 0 unspecified atom stereocenters. The lowest BCUT2D eigenvalue weighted by Crippen LogP contribution is -2.31. The fourth-order valence-electron chi connectivity index (χ4n) is 1.25. The van der Waals surface area contributed by atoms with E-state index in [1.165, 1.54) is 19.3 Å². The Balaban J connectivity index is 0.000000251. The fraction of sp³-hybridized carbons (Fsp3) is 0.615. The molecule has 1 aromatic rings. The molecule has 3 heteroatoms. The van der Waals surface area contributed by atoms with Gasteiger partial charge in [0.25, 0.3) is 0 Å². The minimum Gasteiger partial charge on any atom is -0.329 e. The van der Waals surface area contributed by atoms with Crippen LogP contribution in [-0.4, -0.2) is 18.1 Å². The van der Waals surface area contributed by atoms with Crippen LogP contribution in [0.3, 0.4) is 0 Å². The highest BCUT2D eigenvalue weighted by atomic mass is 16.1. The van der Waals surface area contributed by atoms with Gasteiger partial charge in [0, 0.05) is 18.3 Å². The summed E-state index contributed by atoms with van der Waals surface area (Å²) in [7, 11) is 2.03. The number of pyridine rings is 1. The van der Waals surface area contributed by atoms with E-state index in [0.717, 1.165) is 11.6 Å². The average molecular weight is 224 g/mol. The van der Waals surface area contributed by atoms with E-state index in [2.05, 4.69) is 10.3 Å². The van der Waals surface area contributed by atoms with Gasteiger partial charge < -0.3 is 10.3 Å². The van der Waals surface area contributed by atoms with Crippen LogP contribution in [0.4, 0.5) is 0 Å². The van der Waals surface area contributed by atoms with Gasteiger partial charge in [-0.05, 0) is 38.4 Å². The molecule has 0 aromatic carbocycles. The highest BCUT2D eigenvalue weighted by Crippen LogP contribution is 2.16. The van der Waals surface area contributed by atoms with E-state index < -0.39 is 0 Å². The van der Waals surface area contributed by atoms with Crippen molar-refractivity contribution in [2.45, 2.75) is 46.1 Å². The molecule has 3 nitrogen and oxygen atoms in total. The first-order chi connectivity index (χ1) is 7.72. The maximum Gasteiger partial charge on any atom is 0.248 e. The lowest BCUT2D eigenvalue weighted by atomic mass is 9.94. The predicted octanol–water partition coefficient (Wildman–Crippen LogP) is 2.47. The molecule has 0 atom stereocenters. The van der Waals surface area contributed by atoms with Gasteiger partial charge >= 0.3 is 0 Å². The maximum atomic E-state index is 10.4. The van der Waals surface area contributed by atoms with Crippen LogP contribution in [0.5, 0.6) is 0 Å². The first kappa shape index (κ1) is 14.9. The average Bonchev–Trinajstić information content (AvgIpc) is 2.19. The number of aromatic amines is 1. The molecule has 1 aliphatic rings. The highest BCUT2D eigenvalue weighted by molar-refractivity contribution is 5.06. The van der Waals surface area contributed by atoms with Crippen LogP contribution in [0.25, 0.3) is 0 Å². The molecule has 1 heterocycles. The second-order valence-electron chi connectivity index (χ2n) is 3.65. The summed E-state index contributed by atoms with van der Waals surface area (Å²) in [5, 5.41) is 3.20. The summed E-state index contributed by atoms with van der Waals surface area (Å²) in [5.74, 6) is 0. The lowest BCUT2D eigenvalue weighted by molar-refractivity contribution is 0.361. The SMILES string of the molecule is CC.CNC1CCC1.Cc1cc[nH]c(=O)c1. The number of hydrogen-bond acceptors (Lipinski definition) is 2. The second-order valence-corrected chi connectivity index (χ2v) is 3.65. The van der Waals surface area contributed by atoms with Crippen molar-refractivity contribution in [3.63, 3.8) is 0 Å². The van der Waals surface area contributed by atoms with Crippen molar-refractivity contribution in [2.75, 3.05) is 7.05 Å². The van der Waals surface area contributed by atoms with E-state index in [9.17, 15) is 4.79 Å². The molecule has 0 spiro atoms. The van der Waals surface area contributed by atoms with Gasteiger partial charge in [-0.25, -0.2) is 0 Å². The predicted molar refractivity (Wildman–Crippen MR) is 69.8 cm³/mol. The summed E-state index contributed by atoms with van der Waals surface area (Å²) < 4.78 is 0. The number of aryl methyl sites for hydroxylation is 1. The number of rotatable bonds is 1. The Hall–Kier alpha value is -1.09. The molecule has 1 aromatic heterocycles. The van der Waals surface area contributed by atoms with Gasteiger partial charge in [-0.1, -0.05) is 20.3 Å². The third-order valence-corrected chi connectivity index (χ3v) is 2.44. The minimum atomic E-state index is -0.0370. The first-order valence-electron chi connectivity index (χ1n) is 6.05. The maximum absolute atomic E-state index is 10.4. The number of hydrogen-bond donors (Lipinski definition) is 2. The van der Waals surface area contributed by atoms with Gasteiger partial charge in [0.2, 0.25) is 5.56 Å². The first-order valence-corrected chi connectivity index (χ1v) is 6.05. The zero-order valence-corrected chi connectivity index (χ0v) is 10.8. The standard InChI is InChI=1S/C6H7NO.C5H11N.C2H6/c1-5-2-3-7-6(8)4-5;1-6-5-3-2-4-5;1-2/h2-4H,1H3,(H,7,8);5-6H,2-4H2,1H3;1-2H3. The van der Waals surface area contributed by atoms with E-state index in [1.807, 2.05) is 33.9 Å². The molecule has 0 amide bonds. The van der Waals surface area contributed by atoms with Crippen LogP contribution in [0, 0.1) is 6.92 Å². The van der Waals surface area contributed by atoms with Gasteiger partial charge in [0.1, 0.15) is 0 Å². The van der Waals surface area contributed by atoms with Gasteiger partial charge in [-0.2, -0.15) is 0 Å². The number of aromatic nitrogens is 1. The fourth-order valence-corrected chi connectivity index (χ4v) is 1.25. The summed E-state index contributed by atoms with van der Waals surface area (Å²) in [6.07, 6.45) is 5.87. The molecule has 0 saturated heterocycles.